The summed E-state index contributed by atoms with van der Waals surface area (Å²) in [5.41, 5.74) is 6.67. The van der Waals surface area contributed by atoms with Crippen molar-refractivity contribution in [3.8, 4) is 17.0 Å². The van der Waals surface area contributed by atoms with Crippen molar-refractivity contribution >= 4 is 29.1 Å². The molecule has 0 unspecified atom stereocenters. The van der Waals surface area contributed by atoms with Gasteiger partial charge < -0.3 is 15.6 Å². The first kappa shape index (κ1) is 15.8. The van der Waals surface area contributed by atoms with Crippen LogP contribution in [0, 0.1) is 6.92 Å². The number of aryl methyl sites for hydroxylation is 1. The highest BCUT2D eigenvalue weighted by Gasteiger charge is 2.22. The summed E-state index contributed by atoms with van der Waals surface area (Å²) in [6.45, 7) is 1.70. The van der Waals surface area contributed by atoms with Crippen molar-refractivity contribution in [3.05, 3.63) is 57.5 Å². The Bertz CT molecular complexity index is 1010. The lowest BCUT2D eigenvalue weighted by Gasteiger charge is -2.13. The van der Waals surface area contributed by atoms with Crippen LogP contribution >= 0.6 is 11.6 Å². The maximum atomic E-state index is 12.8. The number of anilines is 1. The molecule has 2 heterocycles. The number of nitrogens with zero attached hydrogens (tertiary/aromatic N) is 2. The van der Waals surface area contributed by atoms with Crippen molar-refractivity contribution in [2.24, 2.45) is 0 Å². The summed E-state index contributed by atoms with van der Waals surface area (Å²) >= 11 is 6.18. The first-order valence-corrected chi connectivity index (χ1v) is 7.25. The first-order valence-electron chi connectivity index (χ1n) is 6.87. The fourth-order valence-electron chi connectivity index (χ4n) is 2.46. The fourth-order valence-corrected chi connectivity index (χ4v) is 2.73. The van der Waals surface area contributed by atoms with Gasteiger partial charge in [0.05, 0.1) is 5.02 Å². The van der Waals surface area contributed by atoms with E-state index in [-0.39, 0.29) is 22.0 Å². The fraction of sp³-hybridized carbons (Fsp3) is 0.0625. The number of carboxylic acid groups (broad SMARTS) is 1. The molecule has 3 rings (SSSR count). The van der Waals surface area contributed by atoms with Crippen LogP contribution in [0.2, 0.25) is 5.02 Å². The number of aromatic nitrogens is 2. The highest BCUT2D eigenvalue weighted by molar-refractivity contribution is 6.34. The van der Waals surface area contributed by atoms with Gasteiger partial charge in [0.2, 0.25) is 5.75 Å². The zero-order valence-electron chi connectivity index (χ0n) is 12.5. The molecule has 3 aromatic rings. The van der Waals surface area contributed by atoms with Gasteiger partial charge in [0, 0.05) is 16.9 Å². The number of benzene rings is 1. The van der Waals surface area contributed by atoms with Crippen LogP contribution in [0.25, 0.3) is 16.9 Å². The Morgan fingerprint density at radius 3 is 2.67 bits per heavy atom. The molecule has 24 heavy (non-hydrogen) atoms. The molecular formula is C16H12ClN3O4. The Balaban J connectivity index is 2.47. The minimum atomic E-state index is -1.63. The molecule has 0 bridgehead atoms. The Morgan fingerprint density at radius 2 is 2.00 bits per heavy atom. The van der Waals surface area contributed by atoms with E-state index in [4.69, 9.17) is 27.2 Å². The van der Waals surface area contributed by atoms with E-state index in [1.807, 2.05) is 0 Å². The first-order chi connectivity index (χ1) is 11.4. The summed E-state index contributed by atoms with van der Waals surface area (Å²) in [6.07, 6.45) is -1.63. The Hall–Kier alpha value is -3.06. The lowest BCUT2D eigenvalue weighted by Crippen LogP contribution is -2.23. The van der Waals surface area contributed by atoms with Gasteiger partial charge in [-0.3, -0.25) is 9.20 Å². The molecular weight excluding hydrogens is 334 g/mol. The van der Waals surface area contributed by atoms with Gasteiger partial charge in [0.1, 0.15) is 11.3 Å². The molecule has 0 radical (unpaired) electrons. The van der Waals surface area contributed by atoms with Crippen LogP contribution in [0.1, 0.15) is 5.69 Å². The minimum Gasteiger partial charge on any atom is -0.449 e. The van der Waals surface area contributed by atoms with Gasteiger partial charge in [-0.25, -0.2) is 9.78 Å². The second-order valence-corrected chi connectivity index (χ2v) is 5.43. The maximum Gasteiger partial charge on any atom is 0.511 e. The molecule has 0 aliphatic heterocycles. The molecule has 0 saturated heterocycles. The van der Waals surface area contributed by atoms with E-state index >= 15 is 0 Å². The summed E-state index contributed by atoms with van der Waals surface area (Å²) < 4.78 is 5.97. The predicted octanol–water partition coefficient (Wildman–Crippen LogP) is 2.96. The van der Waals surface area contributed by atoms with Crippen molar-refractivity contribution in [1.29, 1.82) is 0 Å². The van der Waals surface area contributed by atoms with Crippen LogP contribution in [0.15, 0.2) is 41.2 Å². The molecule has 0 atom stereocenters. The Labute approximate surface area is 140 Å². The quantitative estimate of drug-likeness (QED) is 0.546. The minimum absolute atomic E-state index is 0.0175. The lowest BCUT2D eigenvalue weighted by atomic mass is 10.1. The number of pyridine rings is 1. The molecule has 3 N–H and O–H groups in total. The van der Waals surface area contributed by atoms with Gasteiger partial charge in [-0.15, -0.1) is 0 Å². The number of rotatable bonds is 2. The van der Waals surface area contributed by atoms with Gasteiger partial charge in [0.15, 0.2) is 0 Å². The van der Waals surface area contributed by atoms with Crippen molar-refractivity contribution in [3.63, 3.8) is 0 Å². The normalized spacial score (nSPS) is 10.8. The summed E-state index contributed by atoms with van der Waals surface area (Å²) in [5, 5.41) is 9.21. The second kappa shape index (κ2) is 5.86. The Morgan fingerprint density at radius 1 is 1.29 bits per heavy atom. The SMILES string of the molecule is Cc1cccc2nc(-c3c(N)cccc3Cl)c(OC(=O)O)c(=O)n12. The number of halogens is 1. The highest BCUT2D eigenvalue weighted by atomic mass is 35.5. The average Bonchev–Trinajstić information content (AvgIpc) is 2.50. The molecule has 0 fully saturated rings. The van der Waals surface area contributed by atoms with E-state index in [2.05, 4.69) is 4.98 Å². The number of carbonyl (C=O) groups is 1. The lowest BCUT2D eigenvalue weighted by molar-refractivity contribution is 0.144. The van der Waals surface area contributed by atoms with E-state index in [1.165, 1.54) is 4.40 Å². The maximum absolute atomic E-state index is 12.8. The molecule has 8 heteroatoms. The average molecular weight is 346 g/mol. The summed E-state index contributed by atoms with van der Waals surface area (Å²) in [7, 11) is 0. The van der Waals surface area contributed by atoms with Gasteiger partial charge in [-0.2, -0.15) is 0 Å². The molecule has 0 aliphatic carbocycles. The van der Waals surface area contributed by atoms with E-state index in [0.717, 1.165) is 0 Å². The second-order valence-electron chi connectivity index (χ2n) is 5.03. The molecule has 0 amide bonds. The predicted molar refractivity (Wildman–Crippen MR) is 89.7 cm³/mol. The number of nitrogen functional groups attached to an aromatic ring is 1. The highest BCUT2D eigenvalue weighted by Crippen LogP contribution is 2.36. The van der Waals surface area contributed by atoms with Gasteiger partial charge in [0.25, 0.3) is 0 Å². The van der Waals surface area contributed by atoms with Gasteiger partial charge in [-0.1, -0.05) is 23.7 Å². The van der Waals surface area contributed by atoms with Gasteiger partial charge >= 0.3 is 11.7 Å². The van der Waals surface area contributed by atoms with Crippen LogP contribution < -0.4 is 16.0 Å². The number of nitrogens with two attached hydrogens (primary N) is 1. The van der Waals surface area contributed by atoms with Crippen molar-refractivity contribution in [2.75, 3.05) is 5.73 Å². The summed E-state index contributed by atoms with van der Waals surface area (Å²) in [5.74, 6) is -0.450. The monoisotopic (exact) mass is 345 g/mol. The molecule has 2 aromatic heterocycles. The van der Waals surface area contributed by atoms with Gasteiger partial charge in [-0.05, 0) is 31.2 Å². The number of hydrogen-bond acceptors (Lipinski definition) is 5. The standard InChI is InChI=1S/C16H12ClN3O4/c1-8-4-2-7-11-19-13(12-9(17)5-3-6-10(12)18)14(24-16(22)23)15(21)20(8)11/h2-7H,18H2,1H3,(H,22,23). The van der Waals surface area contributed by atoms with E-state index < -0.39 is 17.5 Å². The van der Waals surface area contributed by atoms with Crippen LogP contribution in [0.4, 0.5) is 10.5 Å². The number of fused-ring (bicyclic) bond motifs is 1. The molecule has 0 saturated carbocycles. The van der Waals surface area contributed by atoms with E-state index in [9.17, 15) is 9.59 Å². The summed E-state index contributed by atoms with van der Waals surface area (Å²) in [6, 6.07) is 9.83. The van der Waals surface area contributed by atoms with Crippen molar-refractivity contribution in [1.82, 2.24) is 9.38 Å². The molecule has 1 aromatic carbocycles. The van der Waals surface area contributed by atoms with Crippen LogP contribution in [-0.2, 0) is 0 Å². The zero-order valence-corrected chi connectivity index (χ0v) is 13.2. The topological polar surface area (TPSA) is 107 Å². The smallest absolute Gasteiger partial charge is 0.449 e. The van der Waals surface area contributed by atoms with E-state index in [0.29, 0.717) is 11.3 Å². The zero-order chi connectivity index (χ0) is 17.4. The van der Waals surface area contributed by atoms with Crippen molar-refractivity contribution in [2.45, 2.75) is 6.92 Å². The largest absolute Gasteiger partial charge is 0.511 e. The van der Waals surface area contributed by atoms with Crippen LogP contribution in [0.5, 0.6) is 5.75 Å². The molecule has 0 spiro atoms. The van der Waals surface area contributed by atoms with Crippen LogP contribution in [-0.4, -0.2) is 20.6 Å². The Kier molecular flexibility index (Phi) is 3.86. The molecule has 122 valence electrons. The number of ether oxygens (including phenoxy) is 1. The number of hydrogen-bond donors (Lipinski definition) is 2. The third-order valence-corrected chi connectivity index (χ3v) is 3.79. The third-order valence-electron chi connectivity index (χ3n) is 3.48. The molecule has 0 aliphatic rings. The molecule has 7 nitrogen and oxygen atoms in total. The summed E-state index contributed by atoms with van der Waals surface area (Å²) in [4.78, 5) is 28.1. The van der Waals surface area contributed by atoms with Crippen LogP contribution in [0.3, 0.4) is 0 Å². The third kappa shape index (κ3) is 2.55. The van der Waals surface area contributed by atoms with E-state index in [1.54, 1.807) is 43.3 Å². The van der Waals surface area contributed by atoms with Crippen molar-refractivity contribution < 1.29 is 14.6 Å².